The van der Waals surface area contributed by atoms with Crippen molar-refractivity contribution in [1.29, 1.82) is 0 Å². The molecule has 27 heavy (non-hydrogen) atoms. The molecule has 8 heteroatoms. The van der Waals surface area contributed by atoms with E-state index < -0.39 is 10.8 Å². The quantitative estimate of drug-likeness (QED) is 0.608. The van der Waals surface area contributed by atoms with Crippen LogP contribution in [0.4, 0.5) is 11.4 Å². The van der Waals surface area contributed by atoms with Crippen LogP contribution in [0.25, 0.3) is 0 Å². The summed E-state index contributed by atoms with van der Waals surface area (Å²) < 4.78 is 0. The third-order valence-electron chi connectivity index (χ3n) is 4.61. The highest BCUT2D eigenvalue weighted by atomic mass is 35.5. The summed E-state index contributed by atoms with van der Waals surface area (Å²) in [4.78, 5) is 27.4. The molecule has 0 aromatic heterocycles. The number of hydrogen-bond donors (Lipinski definition) is 1. The van der Waals surface area contributed by atoms with Gasteiger partial charge < -0.3 is 10.2 Å². The van der Waals surface area contributed by atoms with Crippen LogP contribution < -0.4 is 10.2 Å². The van der Waals surface area contributed by atoms with Crippen LogP contribution in [0.5, 0.6) is 0 Å². The van der Waals surface area contributed by atoms with Crippen molar-refractivity contribution in [1.82, 2.24) is 10.2 Å². The molecule has 0 unspecified atom stereocenters. The van der Waals surface area contributed by atoms with E-state index in [1.165, 1.54) is 23.9 Å². The minimum atomic E-state index is -0.575. The normalized spacial score (nSPS) is 14.8. The zero-order valence-electron chi connectivity index (χ0n) is 14.8. The summed E-state index contributed by atoms with van der Waals surface area (Å²) in [5, 5.41) is 14.1. The highest BCUT2D eigenvalue weighted by Crippen LogP contribution is 2.22. The Balaban J connectivity index is 1.48. The van der Waals surface area contributed by atoms with Gasteiger partial charge in [0, 0.05) is 56.0 Å². The molecule has 1 aliphatic rings. The lowest BCUT2D eigenvalue weighted by atomic mass is 10.1. The average Bonchev–Trinajstić information content (AvgIpc) is 2.69. The predicted octanol–water partition coefficient (Wildman–Crippen LogP) is 2.80. The maximum absolute atomic E-state index is 12.3. The zero-order valence-corrected chi connectivity index (χ0v) is 15.6. The van der Waals surface area contributed by atoms with E-state index in [-0.39, 0.29) is 11.3 Å². The van der Waals surface area contributed by atoms with Gasteiger partial charge in [-0.05, 0) is 24.3 Å². The second-order valence-corrected chi connectivity index (χ2v) is 6.78. The lowest BCUT2D eigenvalue weighted by molar-refractivity contribution is -0.385. The smallest absolute Gasteiger partial charge is 0.282 e. The Labute approximate surface area is 162 Å². The molecular weight excluding hydrogens is 368 g/mol. The summed E-state index contributed by atoms with van der Waals surface area (Å²) in [6.07, 6.45) is 0. The van der Waals surface area contributed by atoms with Crippen molar-refractivity contribution in [3.8, 4) is 0 Å². The summed E-state index contributed by atoms with van der Waals surface area (Å²) in [5.41, 5.74) is 0.966. The lowest BCUT2D eigenvalue weighted by Gasteiger charge is -2.36. The van der Waals surface area contributed by atoms with Crippen LogP contribution in [0, 0.1) is 10.1 Å². The molecule has 3 rings (SSSR count). The zero-order chi connectivity index (χ0) is 19.2. The van der Waals surface area contributed by atoms with E-state index >= 15 is 0 Å². The maximum Gasteiger partial charge on any atom is 0.282 e. The summed E-state index contributed by atoms with van der Waals surface area (Å²) in [5.74, 6) is -0.480. The topological polar surface area (TPSA) is 78.7 Å². The molecule has 1 heterocycles. The third kappa shape index (κ3) is 4.96. The number of nitrogens with zero attached hydrogens (tertiary/aromatic N) is 3. The van der Waals surface area contributed by atoms with Crippen LogP contribution in [0.2, 0.25) is 5.02 Å². The van der Waals surface area contributed by atoms with Gasteiger partial charge in [0.15, 0.2) is 0 Å². The summed E-state index contributed by atoms with van der Waals surface area (Å²) >= 11 is 5.87. The fourth-order valence-electron chi connectivity index (χ4n) is 3.14. The molecule has 1 amide bonds. The first-order chi connectivity index (χ1) is 13.0. The number of piperazine rings is 1. The van der Waals surface area contributed by atoms with Gasteiger partial charge in [-0.3, -0.25) is 19.8 Å². The maximum atomic E-state index is 12.3. The Bertz CT molecular complexity index is 808. The second kappa shape index (κ2) is 8.83. The van der Waals surface area contributed by atoms with Gasteiger partial charge in [-0.2, -0.15) is 0 Å². The van der Waals surface area contributed by atoms with Gasteiger partial charge >= 0.3 is 0 Å². The van der Waals surface area contributed by atoms with E-state index in [2.05, 4.69) is 27.2 Å². The van der Waals surface area contributed by atoms with Crippen molar-refractivity contribution in [3.63, 3.8) is 0 Å². The van der Waals surface area contributed by atoms with Gasteiger partial charge in [0.05, 0.1) is 4.92 Å². The van der Waals surface area contributed by atoms with Gasteiger partial charge in [0.25, 0.3) is 11.6 Å². The van der Waals surface area contributed by atoms with Crippen molar-refractivity contribution in [2.24, 2.45) is 0 Å². The molecular formula is C19H21ClN4O3. The highest BCUT2D eigenvalue weighted by Gasteiger charge is 2.21. The van der Waals surface area contributed by atoms with Crippen molar-refractivity contribution in [2.45, 2.75) is 0 Å². The Morgan fingerprint density at radius 2 is 1.81 bits per heavy atom. The molecule has 0 spiro atoms. The molecule has 1 saturated heterocycles. The Kier molecular flexibility index (Phi) is 6.26. The SMILES string of the molecule is O=C(NCCN1CCN(c2ccccc2)CC1)c1cc(Cl)ccc1[N+](=O)[O-]. The number of halogens is 1. The fraction of sp³-hybridized carbons (Fsp3) is 0.316. The number of para-hydroxylation sites is 1. The molecule has 1 aliphatic heterocycles. The predicted molar refractivity (Wildman–Crippen MR) is 106 cm³/mol. The van der Waals surface area contributed by atoms with Crippen molar-refractivity contribution in [3.05, 3.63) is 69.2 Å². The van der Waals surface area contributed by atoms with Crippen molar-refractivity contribution < 1.29 is 9.72 Å². The molecule has 0 bridgehead atoms. The van der Waals surface area contributed by atoms with E-state index in [1.807, 2.05) is 18.2 Å². The summed E-state index contributed by atoms with van der Waals surface area (Å²) in [6.45, 7) is 4.79. The largest absolute Gasteiger partial charge is 0.369 e. The van der Waals surface area contributed by atoms with Crippen LogP contribution in [-0.2, 0) is 0 Å². The molecule has 1 fully saturated rings. The van der Waals surface area contributed by atoms with Gasteiger partial charge in [-0.15, -0.1) is 0 Å². The van der Waals surface area contributed by atoms with E-state index in [1.54, 1.807) is 0 Å². The molecule has 2 aromatic rings. The number of nitro benzene ring substituents is 1. The van der Waals surface area contributed by atoms with E-state index in [4.69, 9.17) is 11.6 Å². The number of anilines is 1. The van der Waals surface area contributed by atoms with Crippen LogP contribution >= 0.6 is 11.6 Å². The molecule has 0 saturated carbocycles. The first kappa shape index (κ1) is 19.1. The minimum Gasteiger partial charge on any atom is -0.369 e. The van der Waals surface area contributed by atoms with Gasteiger partial charge in [-0.25, -0.2) is 0 Å². The first-order valence-corrected chi connectivity index (χ1v) is 9.17. The molecule has 0 atom stereocenters. The minimum absolute atomic E-state index is 0.0126. The number of carbonyl (C=O) groups is 1. The second-order valence-electron chi connectivity index (χ2n) is 6.34. The average molecular weight is 389 g/mol. The molecule has 7 nitrogen and oxygen atoms in total. The summed E-state index contributed by atoms with van der Waals surface area (Å²) in [7, 11) is 0. The Morgan fingerprint density at radius 1 is 1.11 bits per heavy atom. The van der Waals surface area contributed by atoms with Crippen LogP contribution in [0.3, 0.4) is 0 Å². The molecule has 2 aromatic carbocycles. The number of benzene rings is 2. The lowest BCUT2D eigenvalue weighted by Crippen LogP contribution is -2.48. The number of nitrogens with one attached hydrogen (secondary N) is 1. The third-order valence-corrected chi connectivity index (χ3v) is 4.84. The van der Waals surface area contributed by atoms with Gasteiger partial charge in [-0.1, -0.05) is 29.8 Å². The monoisotopic (exact) mass is 388 g/mol. The number of amides is 1. The van der Waals surface area contributed by atoms with E-state index in [0.29, 0.717) is 18.1 Å². The molecule has 0 radical (unpaired) electrons. The first-order valence-electron chi connectivity index (χ1n) is 8.79. The van der Waals surface area contributed by atoms with E-state index in [9.17, 15) is 14.9 Å². The Hall–Kier alpha value is -2.64. The van der Waals surface area contributed by atoms with Gasteiger partial charge in [0.1, 0.15) is 5.56 Å². The van der Waals surface area contributed by atoms with E-state index in [0.717, 1.165) is 26.2 Å². The molecule has 0 aliphatic carbocycles. The highest BCUT2D eigenvalue weighted by molar-refractivity contribution is 6.31. The van der Waals surface area contributed by atoms with Crippen LogP contribution in [0.1, 0.15) is 10.4 Å². The number of carbonyl (C=O) groups excluding carboxylic acids is 1. The summed E-state index contributed by atoms with van der Waals surface area (Å²) in [6, 6.07) is 14.3. The van der Waals surface area contributed by atoms with Crippen LogP contribution in [0.15, 0.2) is 48.5 Å². The number of hydrogen-bond acceptors (Lipinski definition) is 5. The Morgan fingerprint density at radius 3 is 2.48 bits per heavy atom. The molecule has 1 N–H and O–H groups in total. The number of nitro groups is 1. The van der Waals surface area contributed by atoms with Gasteiger partial charge in [0.2, 0.25) is 0 Å². The van der Waals surface area contributed by atoms with Crippen LogP contribution in [-0.4, -0.2) is 55.0 Å². The fourth-order valence-corrected chi connectivity index (χ4v) is 3.31. The standard InChI is InChI=1S/C19H21ClN4O3/c20-15-6-7-18(24(26)27)17(14-15)19(25)21-8-9-22-10-12-23(13-11-22)16-4-2-1-3-5-16/h1-7,14H,8-13H2,(H,21,25). The number of rotatable bonds is 6. The molecule has 142 valence electrons. The van der Waals surface area contributed by atoms with Crippen molar-refractivity contribution in [2.75, 3.05) is 44.2 Å². The van der Waals surface area contributed by atoms with Crippen molar-refractivity contribution >= 4 is 28.9 Å².